The van der Waals surface area contributed by atoms with Crippen molar-refractivity contribution in [1.29, 1.82) is 0 Å². The number of hydrogen-bond donors (Lipinski definition) is 1. The first-order valence-corrected chi connectivity index (χ1v) is 6.33. The maximum absolute atomic E-state index is 4.13. The third kappa shape index (κ3) is 2.64. The molecule has 3 aromatic rings. The van der Waals surface area contributed by atoms with Crippen LogP contribution in [0.3, 0.4) is 0 Å². The smallest absolute Gasteiger partial charge is 0.143 e. The predicted molar refractivity (Wildman–Crippen MR) is 75.4 cm³/mol. The summed E-state index contributed by atoms with van der Waals surface area (Å²) in [5.41, 5.74) is 3.12. The maximum atomic E-state index is 4.13. The van der Waals surface area contributed by atoms with Crippen molar-refractivity contribution in [1.82, 2.24) is 25.2 Å². The quantitative estimate of drug-likeness (QED) is 0.784. The molecule has 0 aliphatic carbocycles. The molecular weight excluding hydrogens is 252 g/mol. The first-order valence-electron chi connectivity index (χ1n) is 6.33. The van der Waals surface area contributed by atoms with Crippen molar-refractivity contribution in [3.8, 4) is 5.69 Å². The number of pyridine rings is 1. The number of nitrogens with one attached hydrogen (secondary N) is 1. The minimum absolute atomic E-state index is 0.197. The van der Waals surface area contributed by atoms with E-state index in [1.165, 1.54) is 0 Å². The molecule has 3 rings (SSSR count). The van der Waals surface area contributed by atoms with E-state index in [-0.39, 0.29) is 6.04 Å². The number of rotatable bonds is 4. The molecule has 0 fully saturated rings. The number of nitrogens with zero attached hydrogens (tertiary/aromatic N) is 5. The van der Waals surface area contributed by atoms with Crippen LogP contribution in [-0.2, 0) is 0 Å². The zero-order valence-corrected chi connectivity index (χ0v) is 11.0. The molecule has 100 valence electrons. The van der Waals surface area contributed by atoms with E-state index in [9.17, 15) is 0 Å². The summed E-state index contributed by atoms with van der Waals surface area (Å²) in [5.74, 6) is 0. The van der Waals surface area contributed by atoms with E-state index in [1.807, 2.05) is 36.5 Å². The monoisotopic (exact) mass is 266 g/mol. The van der Waals surface area contributed by atoms with Gasteiger partial charge in [0.1, 0.15) is 6.33 Å². The van der Waals surface area contributed by atoms with Gasteiger partial charge in [-0.25, -0.2) is 4.68 Å². The van der Waals surface area contributed by atoms with Crippen LogP contribution in [0.25, 0.3) is 5.69 Å². The van der Waals surface area contributed by atoms with Crippen LogP contribution in [0.4, 0.5) is 5.69 Å². The SMILES string of the molecule is CC(Nc1ccc(-n2cnnn2)cc1)c1cccnc1. The van der Waals surface area contributed by atoms with Crippen LogP contribution in [0.2, 0.25) is 0 Å². The molecule has 0 radical (unpaired) electrons. The fraction of sp³-hybridized carbons (Fsp3) is 0.143. The van der Waals surface area contributed by atoms with Gasteiger partial charge in [0.05, 0.1) is 11.7 Å². The number of hydrogen-bond acceptors (Lipinski definition) is 5. The predicted octanol–water partition coefficient (Wildman–Crippen LogP) is 2.23. The largest absolute Gasteiger partial charge is 0.378 e. The van der Waals surface area contributed by atoms with E-state index in [0.29, 0.717) is 0 Å². The number of anilines is 1. The summed E-state index contributed by atoms with van der Waals surface area (Å²) in [4.78, 5) is 4.13. The molecule has 0 saturated carbocycles. The lowest BCUT2D eigenvalue weighted by Crippen LogP contribution is -2.06. The second-order valence-corrected chi connectivity index (χ2v) is 4.45. The van der Waals surface area contributed by atoms with Crippen molar-refractivity contribution >= 4 is 5.69 Å². The molecular formula is C14H14N6. The standard InChI is InChI=1S/C14H14N6/c1-11(12-3-2-8-15-9-12)17-13-4-6-14(7-5-13)20-10-16-18-19-20/h2-11,17H,1H3. The second-order valence-electron chi connectivity index (χ2n) is 4.45. The van der Waals surface area contributed by atoms with E-state index in [4.69, 9.17) is 0 Å². The third-order valence-electron chi connectivity index (χ3n) is 3.05. The van der Waals surface area contributed by atoms with Crippen LogP contribution in [-0.4, -0.2) is 25.2 Å². The van der Waals surface area contributed by atoms with Gasteiger partial charge in [-0.2, -0.15) is 0 Å². The first kappa shape index (κ1) is 12.3. The van der Waals surface area contributed by atoms with Crippen LogP contribution in [0.1, 0.15) is 18.5 Å². The first-order chi connectivity index (χ1) is 9.83. The van der Waals surface area contributed by atoms with Gasteiger partial charge in [-0.05, 0) is 53.2 Å². The summed E-state index contributed by atoms with van der Waals surface area (Å²) < 4.78 is 1.62. The molecule has 20 heavy (non-hydrogen) atoms. The third-order valence-corrected chi connectivity index (χ3v) is 3.05. The van der Waals surface area contributed by atoms with Crippen LogP contribution < -0.4 is 5.32 Å². The Hall–Kier alpha value is -2.76. The average Bonchev–Trinajstić information content (AvgIpc) is 3.03. The van der Waals surface area contributed by atoms with E-state index in [1.54, 1.807) is 17.2 Å². The minimum Gasteiger partial charge on any atom is -0.378 e. The molecule has 6 nitrogen and oxygen atoms in total. The zero-order valence-electron chi connectivity index (χ0n) is 11.0. The van der Waals surface area contributed by atoms with Crippen LogP contribution >= 0.6 is 0 Å². The Morgan fingerprint density at radius 1 is 1.15 bits per heavy atom. The number of benzene rings is 1. The van der Waals surface area contributed by atoms with Gasteiger partial charge in [-0.1, -0.05) is 6.07 Å². The molecule has 0 bridgehead atoms. The Morgan fingerprint density at radius 2 is 2.00 bits per heavy atom. The van der Waals surface area contributed by atoms with E-state index < -0.39 is 0 Å². The molecule has 2 aromatic heterocycles. The Labute approximate surface area is 116 Å². The Bertz CT molecular complexity index is 648. The van der Waals surface area contributed by atoms with Gasteiger partial charge >= 0.3 is 0 Å². The van der Waals surface area contributed by atoms with E-state index >= 15 is 0 Å². The topological polar surface area (TPSA) is 68.5 Å². The Balaban J connectivity index is 1.72. The second kappa shape index (κ2) is 5.48. The highest BCUT2D eigenvalue weighted by Crippen LogP contribution is 2.19. The lowest BCUT2D eigenvalue weighted by Gasteiger charge is -2.15. The van der Waals surface area contributed by atoms with Gasteiger partial charge in [0.2, 0.25) is 0 Å². The summed E-state index contributed by atoms with van der Waals surface area (Å²) in [7, 11) is 0. The van der Waals surface area contributed by atoms with Crippen LogP contribution in [0.15, 0.2) is 55.1 Å². The van der Waals surface area contributed by atoms with Gasteiger partial charge in [0.25, 0.3) is 0 Å². The molecule has 1 unspecified atom stereocenters. The van der Waals surface area contributed by atoms with Crippen molar-refractivity contribution in [2.24, 2.45) is 0 Å². The van der Waals surface area contributed by atoms with Gasteiger partial charge in [-0.15, -0.1) is 5.10 Å². The van der Waals surface area contributed by atoms with Crippen molar-refractivity contribution in [2.45, 2.75) is 13.0 Å². The normalized spacial score (nSPS) is 12.1. The van der Waals surface area contributed by atoms with Crippen LogP contribution in [0.5, 0.6) is 0 Å². The summed E-state index contributed by atoms with van der Waals surface area (Å²) in [5, 5.41) is 14.5. The fourth-order valence-corrected chi connectivity index (χ4v) is 1.96. The van der Waals surface area contributed by atoms with Crippen molar-refractivity contribution in [3.05, 3.63) is 60.7 Å². The fourth-order valence-electron chi connectivity index (χ4n) is 1.96. The maximum Gasteiger partial charge on any atom is 0.143 e. The summed E-state index contributed by atoms with van der Waals surface area (Å²) in [6.45, 7) is 2.10. The Morgan fingerprint density at radius 3 is 2.65 bits per heavy atom. The number of tetrazole rings is 1. The Kier molecular flexibility index (Phi) is 3.36. The molecule has 6 heteroatoms. The van der Waals surface area contributed by atoms with Gasteiger partial charge in [0.15, 0.2) is 0 Å². The van der Waals surface area contributed by atoms with Crippen LogP contribution in [0, 0.1) is 0 Å². The average molecular weight is 266 g/mol. The highest BCUT2D eigenvalue weighted by atomic mass is 15.5. The highest BCUT2D eigenvalue weighted by Gasteiger charge is 2.05. The van der Waals surface area contributed by atoms with E-state index in [0.717, 1.165) is 16.9 Å². The van der Waals surface area contributed by atoms with Crippen molar-refractivity contribution in [2.75, 3.05) is 5.32 Å². The van der Waals surface area contributed by atoms with E-state index in [2.05, 4.69) is 38.8 Å². The molecule has 0 amide bonds. The summed E-state index contributed by atoms with van der Waals surface area (Å²) >= 11 is 0. The van der Waals surface area contributed by atoms with Gasteiger partial charge in [0, 0.05) is 18.1 Å². The lowest BCUT2D eigenvalue weighted by molar-refractivity contribution is 0.789. The van der Waals surface area contributed by atoms with Crippen molar-refractivity contribution in [3.63, 3.8) is 0 Å². The molecule has 1 atom stereocenters. The van der Waals surface area contributed by atoms with Gasteiger partial charge in [-0.3, -0.25) is 4.98 Å². The molecule has 0 aliphatic heterocycles. The number of aromatic nitrogens is 5. The molecule has 0 spiro atoms. The zero-order chi connectivity index (χ0) is 13.8. The highest BCUT2D eigenvalue weighted by molar-refractivity contribution is 5.49. The minimum atomic E-state index is 0.197. The van der Waals surface area contributed by atoms with Crippen molar-refractivity contribution < 1.29 is 0 Å². The molecule has 1 N–H and O–H groups in total. The lowest BCUT2D eigenvalue weighted by atomic mass is 10.1. The molecule has 2 heterocycles. The summed E-state index contributed by atoms with van der Waals surface area (Å²) in [6, 6.07) is 12.1. The molecule has 0 saturated heterocycles. The molecule has 1 aromatic carbocycles. The summed E-state index contributed by atoms with van der Waals surface area (Å²) in [6.07, 6.45) is 5.21. The molecule has 0 aliphatic rings. The van der Waals surface area contributed by atoms with Gasteiger partial charge < -0.3 is 5.32 Å².